The zero-order chi connectivity index (χ0) is 11.9. The van der Waals surface area contributed by atoms with Crippen LogP contribution in [0.1, 0.15) is 44.7 Å². The van der Waals surface area contributed by atoms with Crippen LogP contribution >= 0.6 is 0 Å². The minimum Gasteiger partial charge on any atom is -0.314 e. The number of nitrogens with zero attached hydrogens (tertiary/aromatic N) is 1. The Morgan fingerprint density at radius 3 is 3.06 bits per heavy atom. The number of rotatable bonds is 5. The molecular weight excluding hydrogens is 208 g/mol. The van der Waals surface area contributed by atoms with Crippen molar-refractivity contribution >= 4 is 0 Å². The summed E-state index contributed by atoms with van der Waals surface area (Å²) in [7, 11) is 0. The van der Waals surface area contributed by atoms with Crippen LogP contribution in [-0.4, -0.2) is 17.6 Å². The molecule has 0 aromatic carbocycles. The molecule has 2 nitrogen and oxygen atoms in total. The second kappa shape index (κ2) is 6.75. The highest BCUT2D eigenvalue weighted by Gasteiger charge is 2.19. The molecule has 1 fully saturated rings. The first-order valence-corrected chi connectivity index (χ1v) is 7.01. The molecule has 1 aromatic rings. The minimum absolute atomic E-state index is 0.748. The van der Waals surface area contributed by atoms with E-state index in [9.17, 15) is 0 Å². The first-order chi connectivity index (χ1) is 8.38. The predicted octanol–water partition coefficient (Wildman–Crippen LogP) is 3.18. The molecule has 17 heavy (non-hydrogen) atoms. The van der Waals surface area contributed by atoms with Crippen molar-refractivity contribution in [2.24, 2.45) is 5.92 Å². The summed E-state index contributed by atoms with van der Waals surface area (Å²) in [6.45, 7) is 3.39. The van der Waals surface area contributed by atoms with Crippen molar-refractivity contribution in [3.05, 3.63) is 30.1 Å². The zero-order valence-corrected chi connectivity index (χ0v) is 10.9. The van der Waals surface area contributed by atoms with Gasteiger partial charge in [0.05, 0.1) is 0 Å². The Labute approximate surface area is 105 Å². The van der Waals surface area contributed by atoms with Crippen molar-refractivity contribution in [3.8, 4) is 0 Å². The molecule has 1 saturated carbocycles. The number of pyridine rings is 1. The van der Waals surface area contributed by atoms with E-state index in [1.54, 1.807) is 0 Å². The Hall–Kier alpha value is -0.890. The largest absolute Gasteiger partial charge is 0.314 e. The number of hydrogen-bond donors (Lipinski definition) is 1. The Bertz CT molecular complexity index is 310. The van der Waals surface area contributed by atoms with Gasteiger partial charge in [-0.3, -0.25) is 4.98 Å². The summed E-state index contributed by atoms with van der Waals surface area (Å²) in [5, 5.41) is 3.69. The average molecular weight is 232 g/mol. The van der Waals surface area contributed by atoms with Crippen LogP contribution in [0.2, 0.25) is 0 Å². The molecule has 1 N–H and O–H groups in total. The lowest BCUT2D eigenvalue weighted by Crippen LogP contribution is -2.35. The third-order valence-electron chi connectivity index (χ3n) is 3.90. The molecule has 0 bridgehead atoms. The highest BCUT2D eigenvalue weighted by Crippen LogP contribution is 2.26. The highest BCUT2D eigenvalue weighted by molar-refractivity contribution is 5.03. The monoisotopic (exact) mass is 232 g/mol. The van der Waals surface area contributed by atoms with Crippen molar-refractivity contribution in [2.75, 3.05) is 6.54 Å². The molecular formula is C15H24N2. The van der Waals surface area contributed by atoms with Crippen LogP contribution in [0, 0.1) is 5.92 Å². The van der Waals surface area contributed by atoms with Gasteiger partial charge in [-0.15, -0.1) is 0 Å². The lowest BCUT2D eigenvalue weighted by atomic mass is 9.84. The SMILES string of the molecule is CCC1CCCC(NCCc2ccccn2)C1. The fraction of sp³-hybridized carbons (Fsp3) is 0.667. The van der Waals surface area contributed by atoms with E-state index in [0.717, 1.165) is 24.9 Å². The molecule has 2 rings (SSSR count). The highest BCUT2D eigenvalue weighted by atomic mass is 14.9. The zero-order valence-electron chi connectivity index (χ0n) is 10.9. The lowest BCUT2D eigenvalue weighted by Gasteiger charge is -2.29. The summed E-state index contributed by atoms with van der Waals surface area (Å²) >= 11 is 0. The van der Waals surface area contributed by atoms with Gasteiger partial charge in [0, 0.05) is 30.9 Å². The smallest absolute Gasteiger partial charge is 0.0416 e. The van der Waals surface area contributed by atoms with Crippen molar-refractivity contribution in [2.45, 2.75) is 51.5 Å². The van der Waals surface area contributed by atoms with E-state index in [1.807, 2.05) is 12.3 Å². The molecule has 94 valence electrons. The molecule has 2 heteroatoms. The molecule has 0 amide bonds. The fourth-order valence-electron chi connectivity index (χ4n) is 2.80. The molecule has 1 aliphatic rings. The van der Waals surface area contributed by atoms with Gasteiger partial charge in [-0.25, -0.2) is 0 Å². The lowest BCUT2D eigenvalue weighted by molar-refractivity contribution is 0.280. The Balaban J connectivity index is 1.68. The number of nitrogens with one attached hydrogen (secondary N) is 1. The van der Waals surface area contributed by atoms with E-state index < -0.39 is 0 Å². The molecule has 2 unspecified atom stereocenters. The molecule has 0 saturated heterocycles. The van der Waals surface area contributed by atoms with Crippen molar-refractivity contribution in [1.82, 2.24) is 10.3 Å². The third-order valence-corrected chi connectivity index (χ3v) is 3.90. The van der Waals surface area contributed by atoms with Crippen LogP contribution in [0.3, 0.4) is 0 Å². The predicted molar refractivity (Wildman–Crippen MR) is 72.0 cm³/mol. The van der Waals surface area contributed by atoms with Gasteiger partial charge in [0.25, 0.3) is 0 Å². The molecule has 0 radical (unpaired) electrons. The van der Waals surface area contributed by atoms with Crippen LogP contribution in [0.4, 0.5) is 0 Å². The topological polar surface area (TPSA) is 24.9 Å². The second-order valence-corrected chi connectivity index (χ2v) is 5.16. The number of hydrogen-bond acceptors (Lipinski definition) is 2. The average Bonchev–Trinajstić information content (AvgIpc) is 2.40. The summed E-state index contributed by atoms with van der Waals surface area (Å²) in [5.41, 5.74) is 1.20. The molecule has 1 heterocycles. The van der Waals surface area contributed by atoms with E-state index in [-0.39, 0.29) is 0 Å². The van der Waals surface area contributed by atoms with Gasteiger partial charge in [0.15, 0.2) is 0 Å². The van der Waals surface area contributed by atoms with Crippen LogP contribution in [0.5, 0.6) is 0 Å². The van der Waals surface area contributed by atoms with Gasteiger partial charge in [0.2, 0.25) is 0 Å². The normalized spacial score (nSPS) is 24.8. The van der Waals surface area contributed by atoms with Gasteiger partial charge >= 0.3 is 0 Å². The molecule has 0 aliphatic heterocycles. The summed E-state index contributed by atoms with van der Waals surface area (Å²) in [4.78, 5) is 4.35. The molecule has 2 atom stereocenters. The maximum Gasteiger partial charge on any atom is 0.0416 e. The van der Waals surface area contributed by atoms with Crippen LogP contribution in [0.15, 0.2) is 24.4 Å². The van der Waals surface area contributed by atoms with Gasteiger partial charge in [-0.05, 0) is 30.9 Å². The van der Waals surface area contributed by atoms with Gasteiger partial charge in [0.1, 0.15) is 0 Å². The fourth-order valence-corrected chi connectivity index (χ4v) is 2.80. The maximum atomic E-state index is 4.35. The Morgan fingerprint density at radius 2 is 2.29 bits per heavy atom. The van der Waals surface area contributed by atoms with Crippen molar-refractivity contribution < 1.29 is 0 Å². The molecule has 1 aliphatic carbocycles. The summed E-state index contributed by atoms with van der Waals surface area (Å²) in [5.74, 6) is 0.955. The summed E-state index contributed by atoms with van der Waals surface area (Å²) in [6.07, 6.45) is 9.85. The number of aromatic nitrogens is 1. The van der Waals surface area contributed by atoms with Crippen LogP contribution in [0.25, 0.3) is 0 Å². The van der Waals surface area contributed by atoms with Crippen molar-refractivity contribution in [1.29, 1.82) is 0 Å². The molecule has 1 aromatic heterocycles. The van der Waals surface area contributed by atoms with Gasteiger partial charge < -0.3 is 5.32 Å². The Kier molecular flexibility index (Phi) is 4.99. The summed E-state index contributed by atoms with van der Waals surface area (Å²) < 4.78 is 0. The third kappa shape index (κ3) is 4.12. The maximum absolute atomic E-state index is 4.35. The van der Waals surface area contributed by atoms with E-state index in [4.69, 9.17) is 0 Å². The minimum atomic E-state index is 0.748. The van der Waals surface area contributed by atoms with Crippen LogP contribution in [-0.2, 0) is 6.42 Å². The van der Waals surface area contributed by atoms with Crippen molar-refractivity contribution in [3.63, 3.8) is 0 Å². The van der Waals surface area contributed by atoms with Gasteiger partial charge in [-0.1, -0.05) is 32.3 Å². The molecule has 0 spiro atoms. The van der Waals surface area contributed by atoms with Gasteiger partial charge in [-0.2, -0.15) is 0 Å². The standard InChI is InChI=1S/C15H24N2/c1-2-13-6-5-8-15(12-13)17-11-9-14-7-3-4-10-16-14/h3-4,7,10,13,15,17H,2,5-6,8-9,11-12H2,1H3. The second-order valence-electron chi connectivity index (χ2n) is 5.16. The first-order valence-electron chi connectivity index (χ1n) is 7.01. The van der Waals surface area contributed by atoms with E-state index in [0.29, 0.717) is 0 Å². The quantitative estimate of drug-likeness (QED) is 0.843. The summed E-state index contributed by atoms with van der Waals surface area (Å²) in [6, 6.07) is 6.90. The first kappa shape index (κ1) is 12.6. The Morgan fingerprint density at radius 1 is 1.35 bits per heavy atom. The van der Waals surface area contributed by atoms with E-state index >= 15 is 0 Å². The van der Waals surface area contributed by atoms with Crippen LogP contribution < -0.4 is 5.32 Å². The van der Waals surface area contributed by atoms with E-state index in [2.05, 4.69) is 29.4 Å². The van der Waals surface area contributed by atoms with E-state index in [1.165, 1.54) is 37.8 Å².